The summed E-state index contributed by atoms with van der Waals surface area (Å²) < 4.78 is 6.21. The van der Waals surface area contributed by atoms with Crippen molar-refractivity contribution in [1.29, 1.82) is 0 Å². The van der Waals surface area contributed by atoms with Gasteiger partial charge in [0.25, 0.3) is 0 Å². The van der Waals surface area contributed by atoms with Crippen molar-refractivity contribution in [2.24, 2.45) is 5.92 Å². The highest BCUT2D eigenvalue weighted by Crippen LogP contribution is 2.32. The Morgan fingerprint density at radius 3 is 3.00 bits per heavy atom. The fourth-order valence-electron chi connectivity index (χ4n) is 3.20. The second kappa shape index (κ2) is 5.85. The summed E-state index contributed by atoms with van der Waals surface area (Å²) in [5.41, 5.74) is 2.93. The number of hydrogen-bond acceptors (Lipinski definition) is 2. The third-order valence-electron chi connectivity index (χ3n) is 4.25. The van der Waals surface area contributed by atoms with Gasteiger partial charge in [-0.1, -0.05) is 24.3 Å². The Hall–Kier alpha value is -0.860. The Labute approximate surface area is 110 Å². The summed E-state index contributed by atoms with van der Waals surface area (Å²) in [6.07, 6.45) is 6.65. The van der Waals surface area contributed by atoms with E-state index in [4.69, 9.17) is 4.74 Å². The molecule has 0 radical (unpaired) electrons. The highest BCUT2D eigenvalue weighted by Gasteiger charge is 2.22. The zero-order valence-corrected chi connectivity index (χ0v) is 11.0. The lowest BCUT2D eigenvalue weighted by atomic mass is 9.89. The largest absolute Gasteiger partial charge is 0.373 e. The molecule has 0 aromatic heterocycles. The van der Waals surface area contributed by atoms with Gasteiger partial charge in [-0.15, -0.1) is 0 Å². The van der Waals surface area contributed by atoms with Crippen molar-refractivity contribution < 1.29 is 4.74 Å². The molecule has 1 N–H and O–H groups in total. The zero-order valence-electron chi connectivity index (χ0n) is 11.0. The minimum absolute atomic E-state index is 0.344. The molecule has 1 aromatic carbocycles. The molecule has 3 rings (SSSR count). The first-order valence-electron chi connectivity index (χ1n) is 7.33. The molecule has 1 aromatic rings. The van der Waals surface area contributed by atoms with E-state index in [9.17, 15) is 0 Å². The second-order valence-electron chi connectivity index (χ2n) is 5.63. The Morgan fingerprint density at radius 1 is 1.17 bits per heavy atom. The Kier molecular flexibility index (Phi) is 3.96. The van der Waals surface area contributed by atoms with E-state index in [2.05, 4.69) is 29.6 Å². The molecule has 0 amide bonds. The first-order valence-corrected chi connectivity index (χ1v) is 7.33. The lowest BCUT2D eigenvalue weighted by Gasteiger charge is -2.29. The molecule has 2 atom stereocenters. The van der Waals surface area contributed by atoms with E-state index < -0.39 is 0 Å². The zero-order chi connectivity index (χ0) is 12.2. The normalized spacial score (nSPS) is 27.8. The van der Waals surface area contributed by atoms with Crippen LogP contribution in [0.5, 0.6) is 0 Å². The summed E-state index contributed by atoms with van der Waals surface area (Å²) in [6.45, 7) is 3.24. The van der Waals surface area contributed by atoms with Crippen LogP contribution in [-0.2, 0) is 11.2 Å². The molecule has 1 saturated heterocycles. The van der Waals surface area contributed by atoms with Gasteiger partial charge in [0.15, 0.2) is 0 Å². The number of benzene rings is 1. The second-order valence-corrected chi connectivity index (χ2v) is 5.63. The Bertz CT molecular complexity index is 384. The van der Waals surface area contributed by atoms with Gasteiger partial charge in [-0.25, -0.2) is 0 Å². The van der Waals surface area contributed by atoms with E-state index in [-0.39, 0.29) is 0 Å². The van der Waals surface area contributed by atoms with Crippen molar-refractivity contribution in [1.82, 2.24) is 5.32 Å². The van der Waals surface area contributed by atoms with Gasteiger partial charge in [0.1, 0.15) is 0 Å². The lowest BCUT2D eigenvalue weighted by Crippen LogP contribution is -2.32. The summed E-state index contributed by atoms with van der Waals surface area (Å²) in [7, 11) is 0. The summed E-state index contributed by atoms with van der Waals surface area (Å²) in [4.78, 5) is 0. The first-order chi connectivity index (χ1) is 8.93. The predicted octanol–water partition coefficient (Wildman–Crippen LogP) is 3.08. The molecule has 2 nitrogen and oxygen atoms in total. The number of aryl methyl sites for hydroxylation is 1. The fourth-order valence-corrected chi connectivity index (χ4v) is 3.20. The van der Waals surface area contributed by atoms with Crippen LogP contribution in [0.2, 0.25) is 0 Å². The van der Waals surface area contributed by atoms with Gasteiger partial charge in [-0.3, -0.25) is 0 Å². The van der Waals surface area contributed by atoms with Crippen LogP contribution in [0.25, 0.3) is 0 Å². The SMILES string of the molecule is c1ccc2c(c1)CCCC2OCC1CCCNC1. The number of hydrogen-bond donors (Lipinski definition) is 1. The summed E-state index contributed by atoms with van der Waals surface area (Å²) in [6, 6.07) is 8.79. The first kappa shape index (κ1) is 12.2. The van der Waals surface area contributed by atoms with E-state index in [1.807, 2.05) is 0 Å². The van der Waals surface area contributed by atoms with Crippen LogP contribution < -0.4 is 5.32 Å². The molecule has 18 heavy (non-hydrogen) atoms. The number of fused-ring (bicyclic) bond motifs is 1. The summed E-state index contributed by atoms with van der Waals surface area (Å²) >= 11 is 0. The maximum absolute atomic E-state index is 6.21. The van der Waals surface area contributed by atoms with Crippen LogP contribution in [0.3, 0.4) is 0 Å². The fraction of sp³-hybridized carbons (Fsp3) is 0.625. The van der Waals surface area contributed by atoms with E-state index in [1.165, 1.54) is 49.8 Å². The van der Waals surface area contributed by atoms with Crippen molar-refractivity contribution in [3.05, 3.63) is 35.4 Å². The molecule has 0 spiro atoms. The van der Waals surface area contributed by atoms with Crippen molar-refractivity contribution in [3.8, 4) is 0 Å². The van der Waals surface area contributed by atoms with Crippen molar-refractivity contribution >= 4 is 0 Å². The highest BCUT2D eigenvalue weighted by molar-refractivity contribution is 5.31. The molecular weight excluding hydrogens is 222 g/mol. The predicted molar refractivity (Wildman–Crippen MR) is 73.7 cm³/mol. The third kappa shape index (κ3) is 2.76. The smallest absolute Gasteiger partial charge is 0.0827 e. The number of piperidine rings is 1. The molecule has 98 valence electrons. The number of ether oxygens (including phenoxy) is 1. The summed E-state index contributed by atoms with van der Waals surface area (Å²) in [5, 5.41) is 3.46. The maximum Gasteiger partial charge on any atom is 0.0827 e. The van der Waals surface area contributed by atoms with Crippen LogP contribution in [0.15, 0.2) is 24.3 Å². The van der Waals surface area contributed by atoms with Crippen LogP contribution >= 0.6 is 0 Å². The van der Waals surface area contributed by atoms with Crippen molar-refractivity contribution in [3.63, 3.8) is 0 Å². The molecule has 0 saturated carbocycles. The Balaban J connectivity index is 1.60. The summed E-state index contributed by atoms with van der Waals surface area (Å²) in [5.74, 6) is 0.716. The molecule has 2 unspecified atom stereocenters. The third-order valence-corrected chi connectivity index (χ3v) is 4.25. The van der Waals surface area contributed by atoms with Gasteiger partial charge >= 0.3 is 0 Å². The number of nitrogens with one attached hydrogen (secondary N) is 1. The van der Waals surface area contributed by atoms with E-state index >= 15 is 0 Å². The van der Waals surface area contributed by atoms with Crippen LogP contribution in [-0.4, -0.2) is 19.7 Å². The molecule has 1 fully saturated rings. The standard InChI is InChI=1S/C16H23NO/c1-2-8-15-14(6-1)7-3-9-16(15)18-12-13-5-4-10-17-11-13/h1-2,6,8,13,16-17H,3-5,7,9-12H2. The lowest BCUT2D eigenvalue weighted by molar-refractivity contribution is 0.0131. The highest BCUT2D eigenvalue weighted by atomic mass is 16.5. The van der Waals surface area contributed by atoms with E-state index in [0.717, 1.165) is 13.2 Å². The molecule has 0 bridgehead atoms. The van der Waals surface area contributed by atoms with E-state index in [1.54, 1.807) is 0 Å². The van der Waals surface area contributed by atoms with Crippen molar-refractivity contribution in [2.75, 3.05) is 19.7 Å². The van der Waals surface area contributed by atoms with Crippen LogP contribution in [0.4, 0.5) is 0 Å². The number of rotatable bonds is 3. The molecule has 1 aliphatic heterocycles. The van der Waals surface area contributed by atoms with Gasteiger partial charge in [0.05, 0.1) is 12.7 Å². The van der Waals surface area contributed by atoms with Gasteiger partial charge in [0.2, 0.25) is 0 Å². The average Bonchev–Trinajstić information content (AvgIpc) is 2.46. The van der Waals surface area contributed by atoms with Gasteiger partial charge in [-0.2, -0.15) is 0 Å². The molecular formula is C16H23NO. The molecule has 1 heterocycles. The molecule has 1 aliphatic carbocycles. The average molecular weight is 245 g/mol. The minimum Gasteiger partial charge on any atom is -0.373 e. The van der Waals surface area contributed by atoms with Gasteiger partial charge in [-0.05, 0) is 55.7 Å². The van der Waals surface area contributed by atoms with Crippen LogP contribution in [0.1, 0.15) is 42.9 Å². The van der Waals surface area contributed by atoms with Crippen LogP contribution in [0, 0.1) is 5.92 Å². The maximum atomic E-state index is 6.21. The molecule has 2 aliphatic rings. The minimum atomic E-state index is 0.344. The monoisotopic (exact) mass is 245 g/mol. The van der Waals surface area contributed by atoms with Crippen molar-refractivity contribution in [2.45, 2.75) is 38.2 Å². The topological polar surface area (TPSA) is 21.3 Å². The van der Waals surface area contributed by atoms with Gasteiger partial charge in [0, 0.05) is 6.54 Å². The quantitative estimate of drug-likeness (QED) is 0.883. The van der Waals surface area contributed by atoms with Gasteiger partial charge < -0.3 is 10.1 Å². The van der Waals surface area contributed by atoms with E-state index in [0.29, 0.717) is 12.0 Å². The molecule has 2 heteroatoms. The Morgan fingerprint density at radius 2 is 2.11 bits per heavy atom.